The van der Waals surface area contributed by atoms with Crippen LogP contribution in [0.2, 0.25) is 0 Å². The molecular weight excluding hydrogens is 311 g/mol. The monoisotopic (exact) mass is 324 g/mol. The number of nitrogens with zero attached hydrogens (tertiary/aromatic N) is 1. The van der Waals surface area contributed by atoms with E-state index in [-0.39, 0.29) is 5.82 Å². The zero-order valence-electron chi connectivity index (χ0n) is 10.7. The number of rotatable bonds is 4. The molecule has 0 aliphatic rings. The standard InChI is InChI=1S/C14H14BrFN2O/c1-9-3-4-12(16)6-13(9)19-14-10(7-17-2)5-11(15)8-18-14/h3-6,8,17H,7H2,1-2H3. The van der Waals surface area contributed by atoms with Crippen molar-refractivity contribution in [1.29, 1.82) is 0 Å². The number of halogens is 2. The van der Waals surface area contributed by atoms with Crippen molar-refractivity contribution < 1.29 is 9.13 Å². The van der Waals surface area contributed by atoms with Gasteiger partial charge in [-0.3, -0.25) is 0 Å². The Balaban J connectivity index is 2.34. The van der Waals surface area contributed by atoms with E-state index in [0.717, 1.165) is 15.6 Å². The normalized spacial score (nSPS) is 10.5. The van der Waals surface area contributed by atoms with Gasteiger partial charge in [0.15, 0.2) is 0 Å². The predicted molar refractivity (Wildman–Crippen MR) is 75.9 cm³/mol. The van der Waals surface area contributed by atoms with Gasteiger partial charge >= 0.3 is 0 Å². The molecule has 100 valence electrons. The van der Waals surface area contributed by atoms with Crippen molar-refractivity contribution in [3.8, 4) is 11.6 Å². The lowest BCUT2D eigenvalue weighted by molar-refractivity contribution is 0.446. The van der Waals surface area contributed by atoms with Crippen LogP contribution in [0.4, 0.5) is 4.39 Å². The van der Waals surface area contributed by atoms with E-state index >= 15 is 0 Å². The highest BCUT2D eigenvalue weighted by atomic mass is 79.9. The highest BCUT2D eigenvalue weighted by Gasteiger charge is 2.09. The molecule has 0 radical (unpaired) electrons. The number of aryl methyl sites for hydroxylation is 1. The minimum atomic E-state index is -0.326. The van der Waals surface area contributed by atoms with E-state index in [1.54, 1.807) is 12.3 Å². The fourth-order valence-corrected chi connectivity index (χ4v) is 2.04. The molecular formula is C14H14BrFN2O. The van der Waals surface area contributed by atoms with Crippen LogP contribution in [0.1, 0.15) is 11.1 Å². The zero-order valence-corrected chi connectivity index (χ0v) is 12.3. The predicted octanol–water partition coefficient (Wildman–Crippen LogP) is 3.80. The van der Waals surface area contributed by atoms with Crippen LogP contribution in [-0.4, -0.2) is 12.0 Å². The van der Waals surface area contributed by atoms with E-state index in [4.69, 9.17) is 4.74 Å². The van der Waals surface area contributed by atoms with E-state index in [0.29, 0.717) is 18.2 Å². The Labute approximate surface area is 119 Å². The van der Waals surface area contributed by atoms with Gasteiger partial charge in [-0.05, 0) is 47.6 Å². The topological polar surface area (TPSA) is 34.2 Å². The molecule has 1 aromatic carbocycles. The van der Waals surface area contributed by atoms with Crippen molar-refractivity contribution in [2.75, 3.05) is 7.05 Å². The summed E-state index contributed by atoms with van der Waals surface area (Å²) in [7, 11) is 1.85. The minimum absolute atomic E-state index is 0.326. The molecule has 1 heterocycles. The Morgan fingerprint density at radius 1 is 1.37 bits per heavy atom. The number of ether oxygens (including phenoxy) is 1. The number of hydrogen-bond donors (Lipinski definition) is 1. The molecule has 0 fully saturated rings. The Morgan fingerprint density at radius 2 is 2.16 bits per heavy atom. The fourth-order valence-electron chi connectivity index (χ4n) is 1.67. The van der Waals surface area contributed by atoms with Crippen LogP contribution in [0.25, 0.3) is 0 Å². The Morgan fingerprint density at radius 3 is 2.89 bits per heavy atom. The maximum atomic E-state index is 13.2. The number of pyridine rings is 1. The minimum Gasteiger partial charge on any atom is -0.438 e. The summed E-state index contributed by atoms with van der Waals surface area (Å²) >= 11 is 3.37. The molecule has 0 bridgehead atoms. The molecule has 19 heavy (non-hydrogen) atoms. The van der Waals surface area contributed by atoms with Crippen molar-refractivity contribution >= 4 is 15.9 Å². The molecule has 0 saturated carbocycles. The van der Waals surface area contributed by atoms with Crippen LogP contribution in [-0.2, 0) is 6.54 Å². The van der Waals surface area contributed by atoms with Gasteiger partial charge in [0, 0.05) is 28.8 Å². The number of aromatic nitrogens is 1. The zero-order chi connectivity index (χ0) is 13.8. The average molecular weight is 325 g/mol. The maximum absolute atomic E-state index is 13.2. The number of hydrogen-bond acceptors (Lipinski definition) is 3. The Bertz CT molecular complexity index is 590. The third-order valence-electron chi connectivity index (χ3n) is 2.62. The average Bonchev–Trinajstić information content (AvgIpc) is 2.37. The molecule has 5 heteroatoms. The van der Waals surface area contributed by atoms with Gasteiger partial charge in [-0.15, -0.1) is 0 Å². The highest BCUT2D eigenvalue weighted by Crippen LogP contribution is 2.28. The van der Waals surface area contributed by atoms with E-state index in [2.05, 4.69) is 26.2 Å². The van der Waals surface area contributed by atoms with E-state index < -0.39 is 0 Å². The third-order valence-corrected chi connectivity index (χ3v) is 3.05. The maximum Gasteiger partial charge on any atom is 0.223 e. The smallest absolute Gasteiger partial charge is 0.223 e. The molecule has 0 amide bonds. The lowest BCUT2D eigenvalue weighted by atomic mass is 10.2. The summed E-state index contributed by atoms with van der Waals surface area (Å²) in [5, 5.41) is 3.05. The first-order chi connectivity index (χ1) is 9.10. The summed E-state index contributed by atoms with van der Waals surface area (Å²) in [5.74, 6) is 0.631. The van der Waals surface area contributed by atoms with Crippen molar-refractivity contribution in [3.63, 3.8) is 0 Å². The summed E-state index contributed by atoms with van der Waals surface area (Å²) in [6.07, 6.45) is 1.66. The molecule has 0 aliphatic heterocycles. The lowest BCUT2D eigenvalue weighted by Crippen LogP contribution is -2.07. The van der Waals surface area contributed by atoms with Crippen LogP contribution in [0, 0.1) is 12.7 Å². The van der Waals surface area contributed by atoms with Gasteiger partial charge < -0.3 is 10.1 Å². The molecule has 1 N–H and O–H groups in total. The van der Waals surface area contributed by atoms with Crippen LogP contribution < -0.4 is 10.1 Å². The summed E-state index contributed by atoms with van der Waals surface area (Å²) in [6.45, 7) is 2.49. The van der Waals surface area contributed by atoms with Gasteiger partial charge in [0.1, 0.15) is 11.6 Å². The van der Waals surface area contributed by atoms with E-state index in [1.807, 2.05) is 20.0 Å². The number of benzene rings is 1. The van der Waals surface area contributed by atoms with Gasteiger partial charge in [-0.25, -0.2) is 9.37 Å². The van der Waals surface area contributed by atoms with Crippen LogP contribution in [0.3, 0.4) is 0 Å². The SMILES string of the molecule is CNCc1cc(Br)cnc1Oc1cc(F)ccc1C. The highest BCUT2D eigenvalue weighted by molar-refractivity contribution is 9.10. The second-order valence-electron chi connectivity index (χ2n) is 4.16. The summed E-state index contributed by atoms with van der Waals surface area (Å²) in [4.78, 5) is 4.23. The molecule has 0 atom stereocenters. The molecule has 0 aliphatic carbocycles. The number of nitrogens with one attached hydrogen (secondary N) is 1. The van der Waals surface area contributed by atoms with E-state index in [1.165, 1.54) is 12.1 Å². The fraction of sp³-hybridized carbons (Fsp3) is 0.214. The lowest BCUT2D eigenvalue weighted by Gasteiger charge is -2.12. The Kier molecular flexibility index (Phi) is 4.50. The molecule has 3 nitrogen and oxygen atoms in total. The Hall–Kier alpha value is -1.46. The van der Waals surface area contributed by atoms with E-state index in [9.17, 15) is 4.39 Å². The van der Waals surface area contributed by atoms with Crippen LogP contribution in [0.15, 0.2) is 34.9 Å². The largest absolute Gasteiger partial charge is 0.438 e. The first-order valence-electron chi connectivity index (χ1n) is 5.83. The summed E-state index contributed by atoms with van der Waals surface area (Å²) < 4.78 is 19.8. The summed E-state index contributed by atoms with van der Waals surface area (Å²) in [5.41, 5.74) is 1.77. The molecule has 0 unspecified atom stereocenters. The van der Waals surface area contributed by atoms with Gasteiger partial charge in [0.2, 0.25) is 5.88 Å². The van der Waals surface area contributed by atoms with Gasteiger partial charge in [0.25, 0.3) is 0 Å². The van der Waals surface area contributed by atoms with Gasteiger partial charge in [-0.2, -0.15) is 0 Å². The third kappa shape index (κ3) is 3.52. The quantitative estimate of drug-likeness (QED) is 0.928. The van der Waals surface area contributed by atoms with Crippen LogP contribution in [0.5, 0.6) is 11.6 Å². The van der Waals surface area contributed by atoms with Crippen molar-refractivity contribution in [3.05, 3.63) is 51.9 Å². The first kappa shape index (κ1) is 14.0. The van der Waals surface area contributed by atoms with Gasteiger partial charge in [-0.1, -0.05) is 6.07 Å². The second kappa shape index (κ2) is 6.12. The molecule has 2 rings (SSSR count). The molecule has 2 aromatic rings. The van der Waals surface area contributed by atoms with Crippen LogP contribution >= 0.6 is 15.9 Å². The van der Waals surface area contributed by atoms with Crippen molar-refractivity contribution in [2.24, 2.45) is 0 Å². The first-order valence-corrected chi connectivity index (χ1v) is 6.62. The summed E-state index contributed by atoms with van der Waals surface area (Å²) in [6, 6.07) is 6.38. The molecule has 0 spiro atoms. The molecule has 0 saturated heterocycles. The van der Waals surface area contributed by atoms with Gasteiger partial charge in [0.05, 0.1) is 0 Å². The van der Waals surface area contributed by atoms with Crippen molar-refractivity contribution in [1.82, 2.24) is 10.3 Å². The van der Waals surface area contributed by atoms with Crippen molar-refractivity contribution in [2.45, 2.75) is 13.5 Å². The molecule has 1 aromatic heterocycles. The second-order valence-corrected chi connectivity index (χ2v) is 5.08.